The second kappa shape index (κ2) is 5.23. The lowest BCUT2D eigenvalue weighted by Crippen LogP contribution is -2.23. The van der Waals surface area contributed by atoms with E-state index in [1.165, 1.54) is 0 Å². The summed E-state index contributed by atoms with van der Waals surface area (Å²) in [6.07, 6.45) is 2.13. The topological polar surface area (TPSA) is 37.3 Å². The summed E-state index contributed by atoms with van der Waals surface area (Å²) in [5, 5.41) is 8.94. The second-order valence-corrected chi connectivity index (χ2v) is 5.97. The fourth-order valence-corrected chi connectivity index (χ4v) is 3.64. The summed E-state index contributed by atoms with van der Waals surface area (Å²) in [6.45, 7) is 3.92. The third kappa shape index (κ3) is 3.01. The lowest BCUT2D eigenvalue weighted by molar-refractivity contribution is -0.138. The van der Waals surface area contributed by atoms with Gasteiger partial charge in [-0.25, -0.2) is 0 Å². The molecule has 16 heavy (non-hydrogen) atoms. The van der Waals surface area contributed by atoms with E-state index in [2.05, 4.69) is 15.9 Å². The molecule has 0 bridgehead atoms. The van der Waals surface area contributed by atoms with Crippen LogP contribution in [0.3, 0.4) is 0 Å². The molecule has 0 atom stereocenters. The maximum atomic E-state index is 10.9. The Morgan fingerprint density at radius 3 is 2.62 bits per heavy atom. The van der Waals surface area contributed by atoms with Gasteiger partial charge in [0.25, 0.3) is 0 Å². The van der Waals surface area contributed by atoms with Crippen molar-refractivity contribution in [3.05, 3.63) is 28.2 Å². The molecular weight excluding hydrogens is 288 g/mol. The van der Waals surface area contributed by atoms with E-state index in [1.807, 2.05) is 38.3 Å². The number of aliphatic carboxylic acids is 1. The summed E-state index contributed by atoms with van der Waals surface area (Å²) in [4.78, 5) is 12.0. The van der Waals surface area contributed by atoms with Crippen molar-refractivity contribution in [1.29, 1.82) is 0 Å². The zero-order valence-electron chi connectivity index (χ0n) is 9.58. The Morgan fingerprint density at radius 1 is 1.50 bits per heavy atom. The first-order chi connectivity index (χ1) is 7.38. The van der Waals surface area contributed by atoms with E-state index in [1.54, 1.807) is 11.8 Å². The summed E-state index contributed by atoms with van der Waals surface area (Å²) < 4.78 is 0.977. The quantitative estimate of drug-likeness (QED) is 0.857. The number of halogens is 1. The van der Waals surface area contributed by atoms with E-state index in [9.17, 15) is 4.79 Å². The molecule has 0 aliphatic carbocycles. The third-order valence-corrected chi connectivity index (χ3v) is 3.91. The Labute approximate surface area is 109 Å². The standard InChI is InChI=1S/C12H15BrO2S/c1-12(2,7-10(14)15)11-8(13)5-4-6-9(11)16-3/h4-6H,7H2,1-3H3,(H,14,15). The molecule has 0 saturated heterocycles. The first-order valence-corrected chi connectivity index (χ1v) is 6.95. The molecule has 0 amide bonds. The summed E-state index contributed by atoms with van der Waals surface area (Å²) in [5.41, 5.74) is 0.703. The normalized spacial score (nSPS) is 11.5. The third-order valence-electron chi connectivity index (χ3n) is 2.47. The van der Waals surface area contributed by atoms with Crippen LogP contribution in [0, 0.1) is 0 Å². The fraction of sp³-hybridized carbons (Fsp3) is 0.417. The van der Waals surface area contributed by atoms with E-state index in [-0.39, 0.29) is 11.8 Å². The molecule has 1 N–H and O–H groups in total. The molecule has 0 saturated carbocycles. The monoisotopic (exact) mass is 302 g/mol. The molecule has 0 aliphatic heterocycles. The van der Waals surface area contributed by atoms with Gasteiger partial charge in [-0.2, -0.15) is 0 Å². The summed E-state index contributed by atoms with van der Waals surface area (Å²) in [6, 6.07) is 5.95. The van der Waals surface area contributed by atoms with Crippen molar-refractivity contribution in [2.75, 3.05) is 6.26 Å². The van der Waals surface area contributed by atoms with Gasteiger partial charge in [0.2, 0.25) is 0 Å². The maximum Gasteiger partial charge on any atom is 0.304 e. The molecule has 0 heterocycles. The number of benzene rings is 1. The van der Waals surface area contributed by atoms with Gasteiger partial charge in [-0.15, -0.1) is 11.8 Å². The predicted molar refractivity (Wildman–Crippen MR) is 71.2 cm³/mol. The minimum Gasteiger partial charge on any atom is -0.481 e. The molecular formula is C12H15BrO2S. The van der Waals surface area contributed by atoms with Crippen molar-refractivity contribution in [3.8, 4) is 0 Å². The van der Waals surface area contributed by atoms with Crippen LogP contribution >= 0.6 is 27.7 Å². The van der Waals surface area contributed by atoms with Crippen molar-refractivity contribution in [1.82, 2.24) is 0 Å². The van der Waals surface area contributed by atoms with Crippen molar-refractivity contribution >= 4 is 33.7 Å². The number of carbonyl (C=O) groups is 1. The van der Waals surface area contributed by atoms with Gasteiger partial charge in [-0.05, 0) is 24.0 Å². The smallest absolute Gasteiger partial charge is 0.304 e. The SMILES string of the molecule is CSc1cccc(Br)c1C(C)(C)CC(=O)O. The van der Waals surface area contributed by atoms with E-state index in [0.29, 0.717) is 0 Å². The highest BCUT2D eigenvalue weighted by atomic mass is 79.9. The molecule has 88 valence electrons. The van der Waals surface area contributed by atoms with E-state index >= 15 is 0 Å². The molecule has 0 spiro atoms. The Kier molecular flexibility index (Phi) is 4.44. The van der Waals surface area contributed by atoms with Crippen molar-refractivity contribution in [3.63, 3.8) is 0 Å². The summed E-state index contributed by atoms with van der Waals surface area (Å²) >= 11 is 5.15. The Balaban J connectivity index is 3.24. The second-order valence-electron chi connectivity index (χ2n) is 4.27. The van der Waals surface area contributed by atoms with Crippen LogP contribution < -0.4 is 0 Å². The number of hydrogen-bond donors (Lipinski definition) is 1. The van der Waals surface area contributed by atoms with Gasteiger partial charge in [0, 0.05) is 14.8 Å². The lowest BCUT2D eigenvalue weighted by Gasteiger charge is -2.26. The Morgan fingerprint density at radius 2 is 2.12 bits per heavy atom. The largest absolute Gasteiger partial charge is 0.481 e. The number of carboxylic acids is 1. The molecule has 0 radical (unpaired) electrons. The van der Waals surface area contributed by atoms with Crippen LogP contribution in [0.4, 0.5) is 0 Å². The molecule has 0 aliphatic rings. The van der Waals surface area contributed by atoms with Crippen LogP contribution in [-0.4, -0.2) is 17.3 Å². The van der Waals surface area contributed by atoms with Crippen LogP contribution in [0.25, 0.3) is 0 Å². The van der Waals surface area contributed by atoms with Crippen LogP contribution in [-0.2, 0) is 10.2 Å². The Hall–Kier alpha value is -0.480. The van der Waals surface area contributed by atoms with Gasteiger partial charge >= 0.3 is 5.97 Å². The van der Waals surface area contributed by atoms with Crippen LogP contribution in [0.5, 0.6) is 0 Å². The lowest BCUT2D eigenvalue weighted by atomic mass is 9.81. The van der Waals surface area contributed by atoms with E-state index < -0.39 is 5.97 Å². The molecule has 1 rings (SSSR count). The van der Waals surface area contributed by atoms with E-state index in [4.69, 9.17) is 5.11 Å². The van der Waals surface area contributed by atoms with Crippen molar-refractivity contribution in [2.45, 2.75) is 30.6 Å². The fourth-order valence-electron chi connectivity index (χ4n) is 1.80. The van der Waals surface area contributed by atoms with Crippen molar-refractivity contribution < 1.29 is 9.90 Å². The van der Waals surface area contributed by atoms with Gasteiger partial charge in [0.1, 0.15) is 0 Å². The average Bonchev–Trinajstić information content (AvgIpc) is 2.14. The molecule has 0 fully saturated rings. The number of carboxylic acid groups (broad SMARTS) is 1. The van der Waals surface area contributed by atoms with Crippen LogP contribution in [0.15, 0.2) is 27.6 Å². The number of rotatable bonds is 4. The molecule has 0 aromatic heterocycles. The number of hydrogen-bond acceptors (Lipinski definition) is 2. The van der Waals surface area contributed by atoms with Crippen molar-refractivity contribution in [2.24, 2.45) is 0 Å². The molecule has 4 heteroatoms. The summed E-state index contributed by atoms with van der Waals surface area (Å²) in [5.74, 6) is -0.771. The summed E-state index contributed by atoms with van der Waals surface area (Å²) in [7, 11) is 0. The Bertz CT molecular complexity index is 402. The molecule has 1 aromatic carbocycles. The maximum absolute atomic E-state index is 10.9. The molecule has 0 unspecified atom stereocenters. The highest BCUT2D eigenvalue weighted by Crippen LogP contribution is 2.39. The van der Waals surface area contributed by atoms with Crippen LogP contribution in [0.1, 0.15) is 25.8 Å². The molecule has 1 aromatic rings. The first kappa shape index (κ1) is 13.6. The zero-order valence-corrected chi connectivity index (χ0v) is 12.0. The van der Waals surface area contributed by atoms with Gasteiger partial charge in [0.15, 0.2) is 0 Å². The zero-order chi connectivity index (χ0) is 12.3. The van der Waals surface area contributed by atoms with Gasteiger partial charge in [0.05, 0.1) is 6.42 Å². The number of thioether (sulfide) groups is 1. The average molecular weight is 303 g/mol. The van der Waals surface area contributed by atoms with E-state index in [0.717, 1.165) is 14.9 Å². The van der Waals surface area contributed by atoms with Gasteiger partial charge in [-0.1, -0.05) is 35.8 Å². The highest BCUT2D eigenvalue weighted by Gasteiger charge is 2.28. The minimum absolute atomic E-state index is 0.128. The van der Waals surface area contributed by atoms with Gasteiger partial charge in [-0.3, -0.25) is 4.79 Å². The van der Waals surface area contributed by atoms with Crippen LogP contribution in [0.2, 0.25) is 0 Å². The highest BCUT2D eigenvalue weighted by molar-refractivity contribution is 9.10. The molecule has 2 nitrogen and oxygen atoms in total. The van der Waals surface area contributed by atoms with Gasteiger partial charge < -0.3 is 5.11 Å². The predicted octanol–water partition coefficient (Wildman–Crippen LogP) is 3.92. The minimum atomic E-state index is -0.771. The first-order valence-electron chi connectivity index (χ1n) is 4.93.